The van der Waals surface area contributed by atoms with Crippen molar-refractivity contribution in [3.63, 3.8) is 0 Å². The minimum absolute atomic E-state index is 0.0470. The number of benzene rings is 2. The molecule has 0 spiro atoms. The van der Waals surface area contributed by atoms with E-state index in [0.29, 0.717) is 24.3 Å². The van der Waals surface area contributed by atoms with E-state index in [4.69, 9.17) is 13.9 Å². The SMILES string of the molecule is Cc1cccc(-c2nnc(SCC(=O)N3CCCC3c3ccc4c(c3)OCCCO4)o2)c1. The second kappa shape index (κ2) is 9.24. The summed E-state index contributed by atoms with van der Waals surface area (Å²) in [7, 11) is 0. The number of fused-ring (bicyclic) bond motifs is 1. The van der Waals surface area contributed by atoms with E-state index in [1.807, 2.05) is 54.3 Å². The number of likely N-dealkylation sites (tertiary alicyclic amines) is 1. The van der Waals surface area contributed by atoms with E-state index in [1.54, 1.807) is 0 Å². The van der Waals surface area contributed by atoms with Crippen LogP contribution >= 0.6 is 11.8 Å². The fourth-order valence-electron chi connectivity index (χ4n) is 4.17. The van der Waals surface area contributed by atoms with E-state index in [2.05, 4.69) is 10.2 Å². The largest absolute Gasteiger partial charge is 0.490 e. The van der Waals surface area contributed by atoms with E-state index >= 15 is 0 Å². The van der Waals surface area contributed by atoms with Gasteiger partial charge in [0.1, 0.15) is 0 Å². The topological polar surface area (TPSA) is 77.7 Å². The highest BCUT2D eigenvalue weighted by molar-refractivity contribution is 7.99. The number of rotatable bonds is 5. The van der Waals surface area contributed by atoms with Gasteiger partial charge < -0.3 is 18.8 Å². The average molecular weight is 452 g/mol. The average Bonchev–Trinajstić information content (AvgIpc) is 3.42. The molecule has 8 heteroatoms. The highest BCUT2D eigenvalue weighted by Crippen LogP contribution is 2.38. The van der Waals surface area contributed by atoms with Crippen molar-refractivity contribution in [1.82, 2.24) is 15.1 Å². The van der Waals surface area contributed by atoms with Gasteiger partial charge in [-0.1, -0.05) is 35.5 Å². The Morgan fingerprint density at radius 3 is 2.84 bits per heavy atom. The summed E-state index contributed by atoms with van der Waals surface area (Å²) in [4.78, 5) is 15.0. The molecule has 166 valence electrons. The van der Waals surface area contributed by atoms with Crippen LogP contribution in [0, 0.1) is 6.92 Å². The first kappa shape index (κ1) is 20.9. The van der Waals surface area contributed by atoms with Gasteiger partial charge in [0.25, 0.3) is 5.22 Å². The van der Waals surface area contributed by atoms with E-state index in [9.17, 15) is 4.79 Å². The van der Waals surface area contributed by atoms with Crippen molar-refractivity contribution in [1.29, 1.82) is 0 Å². The third kappa shape index (κ3) is 4.46. The van der Waals surface area contributed by atoms with Gasteiger partial charge in [-0.3, -0.25) is 4.79 Å². The van der Waals surface area contributed by atoms with Crippen LogP contribution in [0.5, 0.6) is 11.5 Å². The molecule has 1 fully saturated rings. The molecule has 1 aromatic heterocycles. The molecule has 3 heterocycles. The molecule has 0 bridgehead atoms. The number of hydrogen-bond donors (Lipinski definition) is 0. The van der Waals surface area contributed by atoms with E-state index in [1.165, 1.54) is 11.8 Å². The minimum Gasteiger partial charge on any atom is -0.490 e. The van der Waals surface area contributed by atoms with Crippen molar-refractivity contribution in [2.75, 3.05) is 25.5 Å². The molecule has 2 aliphatic rings. The van der Waals surface area contributed by atoms with E-state index < -0.39 is 0 Å². The van der Waals surface area contributed by atoms with Crippen LogP contribution in [0.4, 0.5) is 0 Å². The Balaban J connectivity index is 1.24. The molecule has 2 aromatic carbocycles. The number of aryl methyl sites for hydroxylation is 1. The maximum absolute atomic E-state index is 13.0. The van der Waals surface area contributed by atoms with Crippen LogP contribution in [0.2, 0.25) is 0 Å². The molecule has 0 saturated carbocycles. The van der Waals surface area contributed by atoms with Crippen LogP contribution in [0.3, 0.4) is 0 Å². The molecule has 32 heavy (non-hydrogen) atoms. The summed E-state index contributed by atoms with van der Waals surface area (Å²) < 4.78 is 17.3. The lowest BCUT2D eigenvalue weighted by Gasteiger charge is -2.25. The maximum atomic E-state index is 13.0. The normalized spacial score (nSPS) is 17.9. The van der Waals surface area contributed by atoms with Crippen LogP contribution in [-0.2, 0) is 4.79 Å². The fraction of sp³-hybridized carbons (Fsp3) is 0.375. The predicted molar refractivity (Wildman–Crippen MR) is 121 cm³/mol. The second-order valence-corrected chi connectivity index (χ2v) is 8.96. The first-order valence-corrected chi connectivity index (χ1v) is 11.9. The highest BCUT2D eigenvalue weighted by atomic mass is 32.2. The smallest absolute Gasteiger partial charge is 0.277 e. The number of thioether (sulfide) groups is 1. The first-order valence-electron chi connectivity index (χ1n) is 10.9. The maximum Gasteiger partial charge on any atom is 0.277 e. The zero-order valence-corrected chi connectivity index (χ0v) is 18.8. The Morgan fingerprint density at radius 1 is 1.09 bits per heavy atom. The predicted octanol–water partition coefficient (Wildman–Crippen LogP) is 4.66. The Hall–Kier alpha value is -3.00. The number of aromatic nitrogens is 2. The van der Waals surface area contributed by atoms with Crippen molar-refractivity contribution < 1.29 is 18.7 Å². The molecule has 0 N–H and O–H groups in total. The molecule has 1 unspecified atom stereocenters. The fourth-order valence-corrected chi connectivity index (χ4v) is 4.82. The summed E-state index contributed by atoms with van der Waals surface area (Å²) >= 11 is 1.28. The lowest BCUT2D eigenvalue weighted by molar-refractivity contribution is -0.129. The summed E-state index contributed by atoms with van der Waals surface area (Å²) in [5.74, 6) is 2.34. The zero-order valence-electron chi connectivity index (χ0n) is 18.0. The summed E-state index contributed by atoms with van der Waals surface area (Å²) in [6.45, 7) is 4.08. The summed E-state index contributed by atoms with van der Waals surface area (Å²) in [5.41, 5.74) is 3.09. The van der Waals surface area contributed by atoms with Crippen molar-refractivity contribution in [3.05, 3.63) is 53.6 Å². The van der Waals surface area contributed by atoms with Crippen LogP contribution in [0.1, 0.15) is 36.4 Å². The van der Waals surface area contributed by atoms with Gasteiger partial charge in [0.05, 0.1) is 25.0 Å². The molecule has 7 nitrogen and oxygen atoms in total. The van der Waals surface area contributed by atoms with Crippen LogP contribution in [-0.4, -0.2) is 46.5 Å². The minimum atomic E-state index is 0.0470. The highest BCUT2D eigenvalue weighted by Gasteiger charge is 2.31. The summed E-state index contributed by atoms with van der Waals surface area (Å²) in [6.07, 6.45) is 2.79. The molecule has 0 radical (unpaired) electrons. The molecule has 3 aromatic rings. The molecule has 2 aliphatic heterocycles. The van der Waals surface area contributed by atoms with Gasteiger partial charge in [-0.2, -0.15) is 0 Å². The molecular weight excluding hydrogens is 426 g/mol. The lowest BCUT2D eigenvalue weighted by atomic mass is 10.0. The molecular formula is C24H25N3O4S. The van der Waals surface area contributed by atoms with Crippen molar-refractivity contribution in [3.8, 4) is 23.0 Å². The van der Waals surface area contributed by atoms with Gasteiger partial charge in [0, 0.05) is 18.5 Å². The summed E-state index contributed by atoms with van der Waals surface area (Å²) in [6, 6.07) is 14.0. The van der Waals surface area contributed by atoms with Gasteiger partial charge in [-0.15, -0.1) is 10.2 Å². The van der Waals surface area contributed by atoms with Crippen molar-refractivity contribution >= 4 is 17.7 Å². The van der Waals surface area contributed by atoms with Gasteiger partial charge >= 0.3 is 0 Å². The van der Waals surface area contributed by atoms with Crippen molar-refractivity contribution in [2.24, 2.45) is 0 Å². The quantitative estimate of drug-likeness (QED) is 0.522. The van der Waals surface area contributed by atoms with E-state index in [-0.39, 0.29) is 17.7 Å². The number of hydrogen-bond acceptors (Lipinski definition) is 7. The van der Waals surface area contributed by atoms with Crippen LogP contribution < -0.4 is 9.47 Å². The lowest BCUT2D eigenvalue weighted by Crippen LogP contribution is -2.32. The summed E-state index contributed by atoms with van der Waals surface area (Å²) in [5, 5.41) is 8.63. The third-order valence-electron chi connectivity index (χ3n) is 5.72. The van der Waals surface area contributed by atoms with Gasteiger partial charge in [-0.25, -0.2) is 0 Å². The van der Waals surface area contributed by atoms with Gasteiger partial charge in [-0.05, 0) is 49.6 Å². The number of nitrogens with zero attached hydrogens (tertiary/aromatic N) is 3. The Labute approximate surface area is 191 Å². The molecule has 1 atom stereocenters. The van der Waals surface area contributed by atoms with Crippen molar-refractivity contribution in [2.45, 2.75) is 37.5 Å². The zero-order chi connectivity index (χ0) is 21.9. The number of ether oxygens (including phenoxy) is 2. The molecule has 0 aliphatic carbocycles. The van der Waals surface area contributed by atoms with E-state index in [0.717, 1.165) is 54.0 Å². The van der Waals surface area contributed by atoms with Gasteiger partial charge in [0.2, 0.25) is 11.8 Å². The molecule has 1 amide bonds. The molecule has 5 rings (SSSR count). The Kier molecular flexibility index (Phi) is 6.03. The monoisotopic (exact) mass is 451 g/mol. The number of carbonyl (C=O) groups excluding carboxylic acids is 1. The third-order valence-corrected chi connectivity index (χ3v) is 6.52. The number of carbonyl (C=O) groups is 1. The van der Waals surface area contributed by atoms with Crippen LogP contribution in [0.15, 0.2) is 52.1 Å². The van der Waals surface area contributed by atoms with Crippen LogP contribution in [0.25, 0.3) is 11.5 Å². The second-order valence-electron chi connectivity index (χ2n) is 8.03. The molecule has 1 saturated heterocycles. The number of amides is 1. The van der Waals surface area contributed by atoms with Gasteiger partial charge in [0.15, 0.2) is 11.5 Å². The first-order chi connectivity index (χ1) is 15.7. The Morgan fingerprint density at radius 2 is 1.97 bits per heavy atom. The standard InChI is InChI=1S/C24H25N3O4S/c1-16-5-2-6-18(13-16)23-25-26-24(31-23)32-15-22(28)27-10-3-7-19(27)17-8-9-20-21(14-17)30-12-4-11-29-20/h2,5-6,8-9,13-14,19H,3-4,7,10-12,15H2,1H3. The Bertz CT molecular complexity index is 1120.